The van der Waals surface area contributed by atoms with Gasteiger partial charge in [-0.25, -0.2) is 0 Å². The number of anilines is 1. The minimum atomic E-state index is -0.178. The van der Waals surface area contributed by atoms with Gasteiger partial charge in [0.05, 0.1) is 12.6 Å². The highest BCUT2D eigenvalue weighted by Gasteiger charge is 2.30. The zero-order valence-electron chi connectivity index (χ0n) is 9.29. The molecule has 1 heterocycles. The molecular weight excluding hydrogens is 188 g/mol. The van der Waals surface area contributed by atoms with Crippen molar-refractivity contribution in [1.82, 2.24) is 5.32 Å². The van der Waals surface area contributed by atoms with E-state index in [1.165, 1.54) is 0 Å². The molecule has 0 bridgehead atoms. The molecule has 0 spiro atoms. The Bertz CT molecular complexity index is 311. The molecule has 0 amide bonds. The molecule has 0 aliphatic carbocycles. The Kier molecular flexibility index (Phi) is 2.93. The van der Waals surface area contributed by atoms with Gasteiger partial charge in [-0.15, -0.1) is 0 Å². The van der Waals surface area contributed by atoms with E-state index in [4.69, 9.17) is 4.74 Å². The lowest BCUT2D eigenvalue weighted by Crippen LogP contribution is -2.41. The SMILES string of the molecule is CC1(C)N[C@H](CNc2ccccc2)CO1. The second-order valence-corrected chi connectivity index (χ2v) is 4.41. The zero-order valence-corrected chi connectivity index (χ0v) is 9.29. The molecular formula is C12H18N2O. The molecule has 0 aromatic heterocycles. The number of benzene rings is 1. The van der Waals surface area contributed by atoms with Crippen molar-refractivity contribution in [2.75, 3.05) is 18.5 Å². The Balaban J connectivity index is 1.80. The molecule has 2 N–H and O–H groups in total. The molecule has 1 aromatic rings. The Hall–Kier alpha value is -1.06. The summed E-state index contributed by atoms with van der Waals surface area (Å²) in [5, 5.41) is 6.80. The van der Waals surface area contributed by atoms with Crippen molar-refractivity contribution in [3.8, 4) is 0 Å². The maximum Gasteiger partial charge on any atom is 0.113 e. The van der Waals surface area contributed by atoms with Gasteiger partial charge in [-0.1, -0.05) is 18.2 Å². The van der Waals surface area contributed by atoms with Crippen LogP contribution in [0, 0.1) is 0 Å². The molecule has 3 nitrogen and oxygen atoms in total. The number of nitrogens with one attached hydrogen (secondary N) is 2. The highest BCUT2D eigenvalue weighted by Crippen LogP contribution is 2.14. The van der Waals surface area contributed by atoms with Crippen LogP contribution in [0.4, 0.5) is 5.69 Å². The molecule has 1 aliphatic rings. The minimum Gasteiger partial charge on any atom is -0.383 e. The molecule has 82 valence electrons. The lowest BCUT2D eigenvalue weighted by molar-refractivity contribution is 0.0231. The number of rotatable bonds is 3. The van der Waals surface area contributed by atoms with Crippen LogP contribution in [0.2, 0.25) is 0 Å². The van der Waals surface area contributed by atoms with Crippen LogP contribution in [0.25, 0.3) is 0 Å². The predicted octanol–water partition coefficient (Wildman–Crippen LogP) is 1.82. The maximum absolute atomic E-state index is 5.59. The van der Waals surface area contributed by atoms with Crippen molar-refractivity contribution in [2.45, 2.75) is 25.6 Å². The van der Waals surface area contributed by atoms with Crippen LogP contribution >= 0.6 is 0 Å². The first-order valence-corrected chi connectivity index (χ1v) is 5.36. The normalized spacial score (nSPS) is 24.0. The van der Waals surface area contributed by atoms with E-state index in [2.05, 4.69) is 36.6 Å². The van der Waals surface area contributed by atoms with E-state index in [1.807, 2.05) is 18.2 Å². The molecule has 1 aliphatic heterocycles. The van der Waals surface area contributed by atoms with Gasteiger partial charge >= 0.3 is 0 Å². The van der Waals surface area contributed by atoms with Crippen molar-refractivity contribution in [1.29, 1.82) is 0 Å². The van der Waals surface area contributed by atoms with E-state index >= 15 is 0 Å². The van der Waals surface area contributed by atoms with Crippen molar-refractivity contribution in [3.05, 3.63) is 30.3 Å². The second-order valence-electron chi connectivity index (χ2n) is 4.41. The largest absolute Gasteiger partial charge is 0.383 e. The van der Waals surface area contributed by atoms with Gasteiger partial charge in [-0.05, 0) is 26.0 Å². The Morgan fingerprint density at radius 2 is 2.13 bits per heavy atom. The average Bonchev–Trinajstić information content (AvgIpc) is 2.57. The molecule has 1 aromatic carbocycles. The van der Waals surface area contributed by atoms with E-state index in [0.717, 1.165) is 18.8 Å². The fraction of sp³-hybridized carbons (Fsp3) is 0.500. The highest BCUT2D eigenvalue weighted by atomic mass is 16.5. The van der Waals surface area contributed by atoms with Gasteiger partial charge in [-0.3, -0.25) is 5.32 Å². The van der Waals surface area contributed by atoms with E-state index in [1.54, 1.807) is 0 Å². The smallest absolute Gasteiger partial charge is 0.113 e. The molecule has 0 unspecified atom stereocenters. The summed E-state index contributed by atoms with van der Waals surface area (Å²) in [6.07, 6.45) is 0. The molecule has 3 heteroatoms. The Morgan fingerprint density at radius 3 is 2.73 bits per heavy atom. The van der Waals surface area contributed by atoms with E-state index in [-0.39, 0.29) is 5.72 Å². The van der Waals surface area contributed by atoms with Gasteiger partial charge in [0.25, 0.3) is 0 Å². The van der Waals surface area contributed by atoms with Crippen molar-refractivity contribution in [3.63, 3.8) is 0 Å². The van der Waals surface area contributed by atoms with Crippen molar-refractivity contribution >= 4 is 5.69 Å². The fourth-order valence-corrected chi connectivity index (χ4v) is 1.79. The van der Waals surface area contributed by atoms with E-state index in [0.29, 0.717) is 6.04 Å². The molecule has 2 rings (SSSR count). The van der Waals surface area contributed by atoms with Gasteiger partial charge < -0.3 is 10.1 Å². The number of ether oxygens (including phenoxy) is 1. The first-order valence-electron chi connectivity index (χ1n) is 5.36. The maximum atomic E-state index is 5.59. The standard InChI is InChI=1S/C12H18N2O/c1-12(2)14-11(9-15-12)8-13-10-6-4-3-5-7-10/h3-7,11,13-14H,8-9H2,1-2H3/t11-/m1/s1. The highest BCUT2D eigenvalue weighted by molar-refractivity contribution is 5.42. The van der Waals surface area contributed by atoms with Crippen LogP contribution in [-0.2, 0) is 4.74 Å². The predicted molar refractivity (Wildman–Crippen MR) is 61.9 cm³/mol. The summed E-state index contributed by atoms with van der Waals surface area (Å²) in [6.45, 7) is 5.77. The number of para-hydroxylation sites is 1. The zero-order chi connectivity index (χ0) is 10.7. The molecule has 0 radical (unpaired) electrons. The molecule has 1 saturated heterocycles. The van der Waals surface area contributed by atoms with Crippen LogP contribution in [0.3, 0.4) is 0 Å². The second kappa shape index (κ2) is 4.21. The summed E-state index contributed by atoms with van der Waals surface area (Å²) < 4.78 is 5.59. The van der Waals surface area contributed by atoms with Gasteiger partial charge in [0, 0.05) is 12.2 Å². The third-order valence-corrected chi connectivity index (χ3v) is 2.52. The minimum absolute atomic E-state index is 0.178. The summed E-state index contributed by atoms with van der Waals surface area (Å²) in [6, 6.07) is 10.6. The molecule has 1 fully saturated rings. The molecule has 1 atom stereocenters. The summed E-state index contributed by atoms with van der Waals surface area (Å²) in [5.41, 5.74) is 0.979. The first-order chi connectivity index (χ1) is 7.16. The monoisotopic (exact) mass is 206 g/mol. The van der Waals surface area contributed by atoms with Crippen LogP contribution < -0.4 is 10.6 Å². The number of hydrogen-bond donors (Lipinski definition) is 2. The van der Waals surface area contributed by atoms with Crippen molar-refractivity contribution < 1.29 is 4.74 Å². The van der Waals surface area contributed by atoms with Gasteiger partial charge in [0.1, 0.15) is 5.72 Å². The van der Waals surface area contributed by atoms with Crippen LogP contribution in [0.5, 0.6) is 0 Å². The molecule has 0 saturated carbocycles. The van der Waals surface area contributed by atoms with Gasteiger partial charge in [0.2, 0.25) is 0 Å². The Labute approximate surface area is 90.8 Å². The fourth-order valence-electron chi connectivity index (χ4n) is 1.79. The summed E-state index contributed by atoms with van der Waals surface area (Å²) in [7, 11) is 0. The van der Waals surface area contributed by atoms with E-state index in [9.17, 15) is 0 Å². The van der Waals surface area contributed by atoms with Crippen LogP contribution in [0.15, 0.2) is 30.3 Å². The topological polar surface area (TPSA) is 33.3 Å². The van der Waals surface area contributed by atoms with Crippen LogP contribution in [-0.4, -0.2) is 24.9 Å². The summed E-state index contributed by atoms with van der Waals surface area (Å²) in [5.74, 6) is 0. The summed E-state index contributed by atoms with van der Waals surface area (Å²) in [4.78, 5) is 0. The number of hydrogen-bond acceptors (Lipinski definition) is 3. The van der Waals surface area contributed by atoms with Gasteiger partial charge in [-0.2, -0.15) is 0 Å². The quantitative estimate of drug-likeness (QED) is 0.791. The van der Waals surface area contributed by atoms with Crippen LogP contribution in [0.1, 0.15) is 13.8 Å². The summed E-state index contributed by atoms with van der Waals surface area (Å²) >= 11 is 0. The average molecular weight is 206 g/mol. The van der Waals surface area contributed by atoms with E-state index < -0.39 is 0 Å². The molecule has 15 heavy (non-hydrogen) atoms. The lowest BCUT2D eigenvalue weighted by Gasteiger charge is -2.18. The third-order valence-electron chi connectivity index (χ3n) is 2.52. The van der Waals surface area contributed by atoms with Crippen molar-refractivity contribution in [2.24, 2.45) is 0 Å². The van der Waals surface area contributed by atoms with Gasteiger partial charge in [0.15, 0.2) is 0 Å². The lowest BCUT2D eigenvalue weighted by atomic mass is 10.2. The Morgan fingerprint density at radius 1 is 1.40 bits per heavy atom. The first kappa shape index (κ1) is 10.5. The third kappa shape index (κ3) is 2.94.